The molecule has 0 radical (unpaired) electrons. The number of aryl methyl sites for hydroxylation is 1. The number of hydrogen-bond donors (Lipinski definition) is 0. The van der Waals surface area contributed by atoms with Crippen molar-refractivity contribution in [2.24, 2.45) is 0 Å². The van der Waals surface area contributed by atoms with Crippen LogP contribution in [0.4, 0.5) is 0 Å². The molecule has 0 aliphatic carbocycles. The second-order valence-corrected chi connectivity index (χ2v) is 3.96. The van der Waals surface area contributed by atoms with Gasteiger partial charge in [0, 0.05) is 24.3 Å². The van der Waals surface area contributed by atoms with E-state index in [1.807, 2.05) is 42.0 Å². The minimum atomic E-state index is -0.0584. The minimum Gasteiger partial charge on any atom is -0.289 e. The van der Waals surface area contributed by atoms with Crippen molar-refractivity contribution >= 4 is 10.8 Å². The fraction of sp³-hybridized carbons (Fsp3) is 0.154. The lowest BCUT2D eigenvalue weighted by Crippen LogP contribution is -2.24. The van der Waals surface area contributed by atoms with Crippen LogP contribution in [0.2, 0.25) is 0 Å². The number of benzene rings is 1. The molecule has 3 aromatic rings. The molecule has 0 saturated carbocycles. The van der Waals surface area contributed by atoms with Gasteiger partial charge in [-0.25, -0.2) is 9.67 Å². The highest BCUT2D eigenvalue weighted by Gasteiger charge is 2.10. The van der Waals surface area contributed by atoms with Crippen molar-refractivity contribution < 1.29 is 0 Å². The van der Waals surface area contributed by atoms with E-state index in [1.165, 1.54) is 4.68 Å². The van der Waals surface area contributed by atoms with Crippen molar-refractivity contribution in [2.75, 3.05) is 0 Å². The maximum absolute atomic E-state index is 12.2. The summed E-state index contributed by atoms with van der Waals surface area (Å²) < 4.78 is 3.28. The molecule has 0 N–H and O–H groups in total. The molecular formula is C13H12N4O. The number of hydrogen-bond acceptors (Lipinski definition) is 3. The van der Waals surface area contributed by atoms with Gasteiger partial charge in [0.25, 0.3) is 5.56 Å². The van der Waals surface area contributed by atoms with Gasteiger partial charge in [0.1, 0.15) is 6.33 Å². The summed E-state index contributed by atoms with van der Waals surface area (Å²) in [6.07, 6.45) is 5.19. The van der Waals surface area contributed by atoms with E-state index in [4.69, 9.17) is 0 Å². The summed E-state index contributed by atoms with van der Waals surface area (Å²) >= 11 is 0. The molecule has 0 fully saturated rings. The SMILES string of the molecule is CCn1nc(-n2ccnc2)c2ccccc2c1=O. The lowest BCUT2D eigenvalue weighted by atomic mass is 10.2. The van der Waals surface area contributed by atoms with Gasteiger partial charge in [0.05, 0.1) is 5.39 Å². The third-order valence-corrected chi connectivity index (χ3v) is 2.90. The summed E-state index contributed by atoms with van der Waals surface area (Å²) in [4.78, 5) is 16.2. The standard InChI is InChI=1S/C13H12N4O/c1-2-17-13(18)11-6-4-3-5-10(11)12(15-17)16-8-7-14-9-16/h3-9H,2H2,1H3. The first-order valence-electron chi connectivity index (χ1n) is 5.79. The Balaban J connectivity index is 2.45. The van der Waals surface area contributed by atoms with E-state index in [1.54, 1.807) is 12.5 Å². The zero-order valence-corrected chi connectivity index (χ0v) is 9.95. The Labute approximate surface area is 103 Å². The normalized spacial score (nSPS) is 10.9. The van der Waals surface area contributed by atoms with E-state index in [9.17, 15) is 4.79 Å². The van der Waals surface area contributed by atoms with E-state index in [0.717, 1.165) is 11.2 Å². The van der Waals surface area contributed by atoms with Gasteiger partial charge in [-0.1, -0.05) is 18.2 Å². The fourth-order valence-electron chi connectivity index (χ4n) is 2.01. The van der Waals surface area contributed by atoms with Crippen molar-refractivity contribution in [2.45, 2.75) is 13.5 Å². The van der Waals surface area contributed by atoms with Crippen LogP contribution in [0, 0.1) is 0 Å². The maximum atomic E-state index is 12.2. The summed E-state index contributed by atoms with van der Waals surface area (Å²) in [5, 5.41) is 5.91. The molecule has 90 valence electrons. The first-order chi connectivity index (χ1) is 8.81. The highest BCUT2D eigenvalue weighted by Crippen LogP contribution is 2.16. The lowest BCUT2D eigenvalue weighted by Gasteiger charge is -2.09. The molecule has 0 bridgehead atoms. The van der Waals surface area contributed by atoms with Crippen LogP contribution in [0.3, 0.4) is 0 Å². The topological polar surface area (TPSA) is 52.7 Å². The van der Waals surface area contributed by atoms with Crippen LogP contribution in [-0.4, -0.2) is 19.3 Å². The van der Waals surface area contributed by atoms with Gasteiger partial charge in [-0.05, 0) is 13.0 Å². The second kappa shape index (κ2) is 4.10. The van der Waals surface area contributed by atoms with E-state index < -0.39 is 0 Å². The Kier molecular flexibility index (Phi) is 2.44. The minimum absolute atomic E-state index is 0.0584. The summed E-state index contributed by atoms with van der Waals surface area (Å²) in [5.74, 6) is 0.726. The fourth-order valence-corrected chi connectivity index (χ4v) is 2.01. The van der Waals surface area contributed by atoms with Gasteiger partial charge in [0.2, 0.25) is 0 Å². The molecule has 0 saturated heterocycles. The van der Waals surface area contributed by atoms with E-state index in [0.29, 0.717) is 11.9 Å². The first-order valence-corrected chi connectivity index (χ1v) is 5.79. The van der Waals surface area contributed by atoms with E-state index in [-0.39, 0.29) is 5.56 Å². The largest absolute Gasteiger partial charge is 0.289 e. The van der Waals surface area contributed by atoms with Crippen LogP contribution in [0.25, 0.3) is 16.6 Å². The number of aromatic nitrogens is 4. The Morgan fingerprint density at radius 3 is 2.67 bits per heavy atom. The quantitative estimate of drug-likeness (QED) is 0.683. The first kappa shape index (κ1) is 10.7. The maximum Gasteiger partial charge on any atom is 0.274 e. The molecule has 2 aromatic heterocycles. The molecule has 1 aromatic carbocycles. The predicted octanol–water partition coefficient (Wildman–Crippen LogP) is 1.60. The Morgan fingerprint density at radius 2 is 2.00 bits per heavy atom. The van der Waals surface area contributed by atoms with Crippen molar-refractivity contribution in [1.29, 1.82) is 0 Å². The van der Waals surface area contributed by atoms with E-state index in [2.05, 4.69) is 10.1 Å². The van der Waals surface area contributed by atoms with Crippen LogP contribution in [0.15, 0.2) is 47.8 Å². The van der Waals surface area contributed by atoms with Gasteiger partial charge in [-0.15, -0.1) is 0 Å². The van der Waals surface area contributed by atoms with Gasteiger partial charge in [-0.3, -0.25) is 9.36 Å². The number of rotatable bonds is 2. The molecule has 5 heteroatoms. The van der Waals surface area contributed by atoms with Crippen LogP contribution >= 0.6 is 0 Å². The zero-order chi connectivity index (χ0) is 12.5. The van der Waals surface area contributed by atoms with Gasteiger partial charge in [0.15, 0.2) is 5.82 Å². The van der Waals surface area contributed by atoms with Crippen LogP contribution in [-0.2, 0) is 6.54 Å². The molecule has 2 heterocycles. The molecule has 0 unspecified atom stereocenters. The van der Waals surface area contributed by atoms with Crippen LogP contribution < -0.4 is 5.56 Å². The molecular weight excluding hydrogens is 228 g/mol. The number of fused-ring (bicyclic) bond motifs is 1. The van der Waals surface area contributed by atoms with Crippen molar-refractivity contribution in [1.82, 2.24) is 19.3 Å². The molecule has 0 aliphatic rings. The Bertz CT molecular complexity index is 743. The monoisotopic (exact) mass is 240 g/mol. The summed E-state index contributed by atoms with van der Waals surface area (Å²) in [5.41, 5.74) is -0.0584. The van der Waals surface area contributed by atoms with Gasteiger partial charge < -0.3 is 0 Å². The van der Waals surface area contributed by atoms with Crippen molar-refractivity contribution in [3.63, 3.8) is 0 Å². The van der Waals surface area contributed by atoms with Crippen LogP contribution in [0.1, 0.15) is 6.92 Å². The molecule has 5 nitrogen and oxygen atoms in total. The average molecular weight is 240 g/mol. The second-order valence-electron chi connectivity index (χ2n) is 3.96. The highest BCUT2D eigenvalue weighted by molar-refractivity contribution is 5.87. The Hall–Kier alpha value is -2.43. The third-order valence-electron chi connectivity index (χ3n) is 2.90. The molecule has 0 aliphatic heterocycles. The number of nitrogens with zero attached hydrogens (tertiary/aromatic N) is 4. The van der Waals surface area contributed by atoms with Crippen LogP contribution in [0.5, 0.6) is 0 Å². The third kappa shape index (κ3) is 1.52. The molecule has 18 heavy (non-hydrogen) atoms. The predicted molar refractivity (Wildman–Crippen MR) is 68.8 cm³/mol. The summed E-state index contributed by atoms with van der Waals surface area (Å²) in [6.45, 7) is 2.45. The summed E-state index contributed by atoms with van der Waals surface area (Å²) in [6, 6.07) is 7.49. The smallest absolute Gasteiger partial charge is 0.274 e. The molecule has 0 spiro atoms. The summed E-state index contributed by atoms with van der Waals surface area (Å²) in [7, 11) is 0. The average Bonchev–Trinajstić information content (AvgIpc) is 2.93. The molecule has 0 amide bonds. The molecule has 3 rings (SSSR count). The van der Waals surface area contributed by atoms with E-state index >= 15 is 0 Å². The lowest BCUT2D eigenvalue weighted by molar-refractivity contribution is 0.614. The van der Waals surface area contributed by atoms with Gasteiger partial charge in [-0.2, -0.15) is 5.10 Å². The number of imidazole rings is 1. The van der Waals surface area contributed by atoms with Crippen molar-refractivity contribution in [3.05, 3.63) is 53.3 Å². The van der Waals surface area contributed by atoms with Crippen molar-refractivity contribution in [3.8, 4) is 5.82 Å². The zero-order valence-electron chi connectivity index (χ0n) is 9.95. The molecule has 0 atom stereocenters. The highest BCUT2D eigenvalue weighted by atomic mass is 16.1. The Morgan fingerprint density at radius 1 is 1.22 bits per heavy atom. The van der Waals surface area contributed by atoms with Gasteiger partial charge >= 0.3 is 0 Å².